The van der Waals surface area contributed by atoms with Crippen molar-refractivity contribution >= 4 is 11.6 Å². The van der Waals surface area contributed by atoms with E-state index in [1.165, 1.54) is 0 Å². The second-order valence-electron chi connectivity index (χ2n) is 3.73. The molecule has 0 saturated carbocycles. The Bertz CT molecular complexity index is 480. The molecule has 0 radical (unpaired) electrons. The molecule has 2 N–H and O–H groups in total. The summed E-state index contributed by atoms with van der Waals surface area (Å²) < 4.78 is 3.51. The topological polar surface area (TPSA) is 65.3 Å². The molecule has 0 aliphatic rings. The number of nitrogens with zero attached hydrogens (tertiary/aromatic N) is 3. The van der Waals surface area contributed by atoms with Crippen molar-refractivity contribution in [3.05, 3.63) is 24.7 Å². The van der Waals surface area contributed by atoms with E-state index in [1.54, 1.807) is 37.0 Å². The molecule has 0 bridgehead atoms. The van der Waals surface area contributed by atoms with Crippen LogP contribution in [0.15, 0.2) is 24.7 Å². The van der Waals surface area contributed by atoms with Crippen LogP contribution < -0.4 is 5.73 Å². The molecule has 0 fully saturated rings. The van der Waals surface area contributed by atoms with E-state index in [4.69, 9.17) is 5.73 Å². The molecule has 0 saturated heterocycles. The fourth-order valence-corrected chi connectivity index (χ4v) is 1.41. The third-order valence-electron chi connectivity index (χ3n) is 2.46. The number of carbonyl (C=O) groups is 1. The van der Waals surface area contributed by atoms with Gasteiger partial charge in [0.05, 0.1) is 6.20 Å². The molecule has 14 heavy (non-hydrogen) atoms. The molecule has 0 aliphatic carbocycles. The highest BCUT2D eigenvalue weighted by atomic mass is 16.1. The fraction of sp³-hybridized carbons (Fsp3) is 0.333. The van der Waals surface area contributed by atoms with Gasteiger partial charge in [0, 0.05) is 18.5 Å². The van der Waals surface area contributed by atoms with Crippen molar-refractivity contribution in [1.29, 1.82) is 0 Å². The Morgan fingerprint density at radius 2 is 2.21 bits per heavy atom. The van der Waals surface area contributed by atoms with E-state index >= 15 is 0 Å². The number of primary amides is 1. The summed E-state index contributed by atoms with van der Waals surface area (Å²) in [6.45, 7) is 3.56. The quantitative estimate of drug-likeness (QED) is 0.746. The zero-order chi connectivity index (χ0) is 10.3. The van der Waals surface area contributed by atoms with E-state index in [-0.39, 0.29) is 5.91 Å². The minimum Gasteiger partial charge on any atom is -0.368 e. The van der Waals surface area contributed by atoms with Crippen LogP contribution in [0.2, 0.25) is 0 Å². The average molecular weight is 192 g/mol. The van der Waals surface area contributed by atoms with Crippen LogP contribution in [0.5, 0.6) is 0 Å². The van der Waals surface area contributed by atoms with E-state index in [9.17, 15) is 4.79 Å². The summed E-state index contributed by atoms with van der Waals surface area (Å²) in [6.07, 6.45) is 5.27. The van der Waals surface area contributed by atoms with Crippen LogP contribution in [0.4, 0.5) is 0 Å². The Balaban J connectivity index is 2.64. The Morgan fingerprint density at radius 3 is 2.86 bits per heavy atom. The first-order valence-corrected chi connectivity index (χ1v) is 4.34. The second-order valence-corrected chi connectivity index (χ2v) is 3.73. The highest BCUT2D eigenvalue weighted by Gasteiger charge is 2.28. The number of fused-ring (bicyclic) bond motifs is 1. The Kier molecular flexibility index (Phi) is 1.64. The highest BCUT2D eigenvalue weighted by Crippen LogP contribution is 2.18. The molecule has 0 unspecified atom stereocenters. The molecule has 5 nitrogen and oxygen atoms in total. The molecular formula is C9H12N4O. The van der Waals surface area contributed by atoms with Crippen molar-refractivity contribution in [1.82, 2.24) is 14.2 Å². The summed E-state index contributed by atoms with van der Waals surface area (Å²) in [5, 5.41) is 4.06. The molecular weight excluding hydrogens is 180 g/mol. The van der Waals surface area contributed by atoms with Gasteiger partial charge in [-0.2, -0.15) is 5.10 Å². The van der Waals surface area contributed by atoms with Gasteiger partial charge in [-0.05, 0) is 13.8 Å². The molecule has 74 valence electrons. The zero-order valence-corrected chi connectivity index (χ0v) is 8.14. The van der Waals surface area contributed by atoms with E-state index < -0.39 is 5.54 Å². The summed E-state index contributed by atoms with van der Waals surface area (Å²) >= 11 is 0. The van der Waals surface area contributed by atoms with Gasteiger partial charge in [0.2, 0.25) is 5.91 Å². The lowest BCUT2D eigenvalue weighted by Gasteiger charge is -2.22. The largest absolute Gasteiger partial charge is 0.368 e. The Labute approximate surface area is 81.1 Å². The molecule has 2 aromatic heterocycles. The summed E-state index contributed by atoms with van der Waals surface area (Å²) in [5.41, 5.74) is 5.46. The first-order chi connectivity index (χ1) is 6.53. The highest BCUT2D eigenvalue weighted by molar-refractivity contribution is 5.82. The third-order valence-corrected chi connectivity index (χ3v) is 2.46. The van der Waals surface area contributed by atoms with Crippen molar-refractivity contribution in [3.63, 3.8) is 0 Å². The summed E-state index contributed by atoms with van der Waals surface area (Å²) in [6, 6.07) is 1.84. The van der Waals surface area contributed by atoms with E-state index in [0.29, 0.717) is 0 Å². The summed E-state index contributed by atoms with van der Waals surface area (Å²) in [5.74, 6) is -0.364. The van der Waals surface area contributed by atoms with Gasteiger partial charge in [0.15, 0.2) is 0 Å². The summed E-state index contributed by atoms with van der Waals surface area (Å²) in [7, 11) is 0. The maximum atomic E-state index is 11.3. The van der Waals surface area contributed by atoms with Crippen LogP contribution in [0.1, 0.15) is 13.8 Å². The first kappa shape index (κ1) is 8.80. The van der Waals surface area contributed by atoms with Crippen molar-refractivity contribution < 1.29 is 4.79 Å². The van der Waals surface area contributed by atoms with Gasteiger partial charge in [-0.1, -0.05) is 0 Å². The van der Waals surface area contributed by atoms with Gasteiger partial charge >= 0.3 is 0 Å². The van der Waals surface area contributed by atoms with E-state index in [0.717, 1.165) is 5.65 Å². The second kappa shape index (κ2) is 2.60. The standard InChI is InChI=1S/C9H12N4O/c1-9(2,8(10)14)12-5-6-13-7(12)3-4-11-13/h3-6H,1-2H3,(H2,10,14). The smallest absolute Gasteiger partial charge is 0.243 e. The molecule has 2 aromatic rings. The molecule has 0 aliphatic heterocycles. The number of nitrogens with two attached hydrogens (primary N) is 1. The summed E-state index contributed by atoms with van der Waals surface area (Å²) in [4.78, 5) is 11.3. The number of hydrogen-bond acceptors (Lipinski definition) is 2. The number of hydrogen-bond donors (Lipinski definition) is 1. The molecule has 0 spiro atoms. The Morgan fingerprint density at radius 1 is 1.50 bits per heavy atom. The molecule has 0 aromatic carbocycles. The van der Waals surface area contributed by atoms with Crippen LogP contribution in [0.25, 0.3) is 5.65 Å². The van der Waals surface area contributed by atoms with Gasteiger partial charge in [0.25, 0.3) is 0 Å². The predicted octanol–water partition coefficient (Wildman–Crippen LogP) is 0.356. The van der Waals surface area contributed by atoms with Gasteiger partial charge in [-0.25, -0.2) is 4.52 Å². The number of aromatic nitrogens is 3. The normalized spacial score (nSPS) is 12.1. The van der Waals surface area contributed by atoms with E-state index in [1.807, 2.05) is 10.6 Å². The zero-order valence-electron chi connectivity index (χ0n) is 8.14. The van der Waals surface area contributed by atoms with Gasteiger partial charge in [-0.15, -0.1) is 0 Å². The van der Waals surface area contributed by atoms with Crippen molar-refractivity contribution in [3.8, 4) is 0 Å². The molecule has 1 amide bonds. The lowest BCUT2D eigenvalue weighted by atomic mass is 10.1. The molecule has 5 heteroatoms. The minimum absolute atomic E-state index is 0.364. The number of amides is 1. The van der Waals surface area contributed by atoms with Crippen LogP contribution >= 0.6 is 0 Å². The minimum atomic E-state index is -0.731. The molecule has 2 heterocycles. The number of carbonyl (C=O) groups excluding carboxylic acids is 1. The number of rotatable bonds is 2. The Hall–Kier alpha value is -1.78. The predicted molar refractivity (Wildman–Crippen MR) is 51.7 cm³/mol. The number of imidazole rings is 1. The maximum absolute atomic E-state index is 11.3. The van der Waals surface area contributed by atoms with E-state index in [2.05, 4.69) is 5.10 Å². The van der Waals surface area contributed by atoms with Crippen molar-refractivity contribution in [2.75, 3.05) is 0 Å². The first-order valence-electron chi connectivity index (χ1n) is 4.34. The van der Waals surface area contributed by atoms with Crippen LogP contribution in [-0.2, 0) is 10.3 Å². The van der Waals surface area contributed by atoms with Crippen LogP contribution in [-0.4, -0.2) is 20.1 Å². The monoisotopic (exact) mass is 192 g/mol. The van der Waals surface area contributed by atoms with Gasteiger partial charge < -0.3 is 10.3 Å². The van der Waals surface area contributed by atoms with Crippen molar-refractivity contribution in [2.45, 2.75) is 19.4 Å². The lowest BCUT2D eigenvalue weighted by Crippen LogP contribution is -2.40. The SMILES string of the molecule is CC(C)(C(N)=O)n1ccn2nccc12. The maximum Gasteiger partial charge on any atom is 0.243 e. The molecule has 0 atom stereocenters. The van der Waals surface area contributed by atoms with Crippen LogP contribution in [0.3, 0.4) is 0 Å². The van der Waals surface area contributed by atoms with Crippen LogP contribution in [0, 0.1) is 0 Å². The van der Waals surface area contributed by atoms with Gasteiger partial charge in [0.1, 0.15) is 11.2 Å². The lowest BCUT2D eigenvalue weighted by molar-refractivity contribution is -0.124. The molecule has 2 rings (SSSR count). The fourth-order valence-electron chi connectivity index (χ4n) is 1.41. The van der Waals surface area contributed by atoms with Gasteiger partial charge in [-0.3, -0.25) is 4.79 Å². The third kappa shape index (κ3) is 1.02. The average Bonchev–Trinajstić information content (AvgIpc) is 2.61. The van der Waals surface area contributed by atoms with Crippen molar-refractivity contribution in [2.24, 2.45) is 5.73 Å².